The molecule has 120 valence electrons. The van der Waals surface area contributed by atoms with Crippen LogP contribution in [0.2, 0.25) is 5.02 Å². The second kappa shape index (κ2) is 5.44. The molecule has 1 N–H and O–H groups in total. The largest absolute Gasteiger partial charge is 0.496 e. The van der Waals surface area contributed by atoms with Gasteiger partial charge in [0.05, 0.1) is 12.7 Å². The molecule has 1 heterocycles. The molecule has 1 atom stereocenters. The SMILES string of the molecule is COc1ccc(Cl)cc1C(=O)N1N=C(C)CC1(O)C(F)(F)F. The van der Waals surface area contributed by atoms with Crippen LogP contribution in [0.25, 0.3) is 0 Å². The standard InChI is InChI=1S/C13H12ClF3N2O3/c1-7-6-12(21,13(15,16)17)19(18-7)11(20)9-5-8(14)3-4-10(9)22-2/h3-5,21H,6H2,1-2H3. The normalized spacial score (nSPS) is 21.8. The van der Waals surface area contributed by atoms with Crippen LogP contribution in [0, 0.1) is 0 Å². The van der Waals surface area contributed by atoms with Gasteiger partial charge in [-0.05, 0) is 25.1 Å². The van der Waals surface area contributed by atoms with Gasteiger partial charge in [0, 0.05) is 17.2 Å². The Morgan fingerprint density at radius 1 is 1.50 bits per heavy atom. The molecule has 5 nitrogen and oxygen atoms in total. The Morgan fingerprint density at radius 3 is 2.68 bits per heavy atom. The number of methoxy groups -OCH3 is 1. The van der Waals surface area contributed by atoms with Crippen LogP contribution in [0.3, 0.4) is 0 Å². The van der Waals surface area contributed by atoms with Crippen molar-refractivity contribution in [2.45, 2.75) is 25.2 Å². The second-order valence-electron chi connectivity index (χ2n) is 4.79. The fourth-order valence-electron chi connectivity index (χ4n) is 2.12. The van der Waals surface area contributed by atoms with Crippen LogP contribution in [0.5, 0.6) is 5.75 Å². The number of aliphatic hydroxyl groups is 1. The van der Waals surface area contributed by atoms with E-state index in [0.29, 0.717) is 0 Å². The molecule has 1 amide bonds. The fraction of sp³-hybridized carbons (Fsp3) is 0.385. The van der Waals surface area contributed by atoms with Gasteiger partial charge in [0.1, 0.15) is 5.75 Å². The van der Waals surface area contributed by atoms with E-state index in [1.165, 1.54) is 26.2 Å². The van der Waals surface area contributed by atoms with Gasteiger partial charge in [0.15, 0.2) is 0 Å². The molecule has 1 aromatic rings. The summed E-state index contributed by atoms with van der Waals surface area (Å²) in [5, 5.41) is 13.6. The maximum absolute atomic E-state index is 13.1. The molecule has 1 unspecified atom stereocenters. The van der Waals surface area contributed by atoms with Gasteiger partial charge >= 0.3 is 6.18 Å². The Kier molecular flexibility index (Phi) is 4.09. The summed E-state index contributed by atoms with van der Waals surface area (Å²) in [6.07, 6.45) is -5.87. The molecule has 0 fully saturated rings. The van der Waals surface area contributed by atoms with Crippen LogP contribution >= 0.6 is 11.6 Å². The first-order valence-corrected chi connectivity index (χ1v) is 6.49. The van der Waals surface area contributed by atoms with E-state index in [2.05, 4.69) is 5.10 Å². The zero-order valence-corrected chi connectivity index (χ0v) is 12.4. The molecule has 1 aromatic carbocycles. The summed E-state index contributed by atoms with van der Waals surface area (Å²) in [6, 6.07) is 3.92. The van der Waals surface area contributed by atoms with E-state index in [-0.39, 0.29) is 27.1 Å². The highest BCUT2D eigenvalue weighted by Gasteiger charge is 2.62. The first-order chi connectivity index (χ1) is 10.1. The topological polar surface area (TPSA) is 62.1 Å². The van der Waals surface area contributed by atoms with E-state index >= 15 is 0 Å². The molecule has 1 aliphatic heterocycles. The lowest BCUT2D eigenvalue weighted by Crippen LogP contribution is -2.56. The third-order valence-corrected chi connectivity index (χ3v) is 3.40. The molecule has 0 radical (unpaired) electrons. The number of carbonyl (C=O) groups excluding carboxylic acids is 1. The lowest BCUT2D eigenvalue weighted by atomic mass is 10.1. The number of halogens is 4. The summed E-state index contributed by atoms with van der Waals surface area (Å²) in [7, 11) is 1.26. The van der Waals surface area contributed by atoms with E-state index in [1.807, 2.05) is 0 Å². The quantitative estimate of drug-likeness (QED) is 0.903. The monoisotopic (exact) mass is 336 g/mol. The van der Waals surface area contributed by atoms with E-state index in [9.17, 15) is 23.1 Å². The Balaban J connectivity index is 2.50. The fourth-order valence-corrected chi connectivity index (χ4v) is 2.29. The minimum Gasteiger partial charge on any atom is -0.496 e. The molecule has 0 saturated carbocycles. The van der Waals surface area contributed by atoms with Gasteiger partial charge in [0.2, 0.25) is 0 Å². The predicted molar refractivity (Wildman–Crippen MR) is 72.9 cm³/mol. The molecule has 0 bridgehead atoms. The summed E-state index contributed by atoms with van der Waals surface area (Å²) in [4.78, 5) is 12.4. The first-order valence-electron chi connectivity index (χ1n) is 6.11. The van der Waals surface area contributed by atoms with Crippen molar-refractivity contribution in [1.82, 2.24) is 5.01 Å². The van der Waals surface area contributed by atoms with Crippen LogP contribution in [-0.2, 0) is 0 Å². The van der Waals surface area contributed by atoms with Gasteiger partial charge in [-0.1, -0.05) is 11.6 Å². The van der Waals surface area contributed by atoms with Gasteiger partial charge in [-0.2, -0.15) is 23.3 Å². The zero-order chi connectivity index (χ0) is 16.7. The zero-order valence-electron chi connectivity index (χ0n) is 11.6. The minimum atomic E-state index is -5.06. The average Bonchev–Trinajstić information content (AvgIpc) is 2.74. The predicted octanol–water partition coefficient (Wildman–Crippen LogP) is 2.82. The van der Waals surface area contributed by atoms with Crippen molar-refractivity contribution in [3.63, 3.8) is 0 Å². The van der Waals surface area contributed by atoms with Crippen molar-refractivity contribution in [2.75, 3.05) is 7.11 Å². The van der Waals surface area contributed by atoms with Crippen LogP contribution in [-0.4, -0.2) is 40.7 Å². The third-order valence-electron chi connectivity index (χ3n) is 3.16. The van der Waals surface area contributed by atoms with Crippen LogP contribution < -0.4 is 4.74 Å². The van der Waals surface area contributed by atoms with Gasteiger partial charge in [-0.15, -0.1) is 0 Å². The Labute approximate surface area is 128 Å². The molecule has 0 aromatic heterocycles. The van der Waals surface area contributed by atoms with Crippen LogP contribution in [0.4, 0.5) is 13.2 Å². The summed E-state index contributed by atoms with van der Waals surface area (Å²) < 4.78 is 44.3. The van der Waals surface area contributed by atoms with E-state index in [1.54, 1.807) is 0 Å². The molecule has 22 heavy (non-hydrogen) atoms. The van der Waals surface area contributed by atoms with Crippen LogP contribution in [0.1, 0.15) is 23.7 Å². The highest BCUT2D eigenvalue weighted by atomic mass is 35.5. The molecule has 0 aliphatic carbocycles. The molecular formula is C13H12ClF3N2O3. The number of hydrazone groups is 1. The van der Waals surface area contributed by atoms with Gasteiger partial charge < -0.3 is 9.84 Å². The van der Waals surface area contributed by atoms with Crippen molar-refractivity contribution in [3.8, 4) is 5.75 Å². The molecule has 9 heteroatoms. The number of ether oxygens (including phenoxy) is 1. The number of rotatable bonds is 2. The Morgan fingerprint density at radius 2 is 2.14 bits per heavy atom. The number of carbonyl (C=O) groups is 1. The Bertz CT molecular complexity index is 648. The van der Waals surface area contributed by atoms with E-state index < -0.39 is 24.2 Å². The number of hydrogen-bond donors (Lipinski definition) is 1. The van der Waals surface area contributed by atoms with Crippen molar-refractivity contribution >= 4 is 23.2 Å². The molecule has 1 aliphatic rings. The number of benzene rings is 1. The smallest absolute Gasteiger partial charge is 0.438 e. The maximum atomic E-state index is 13.1. The summed E-state index contributed by atoms with van der Waals surface area (Å²) in [5.74, 6) is -1.13. The number of hydrogen-bond acceptors (Lipinski definition) is 4. The molecule has 0 saturated heterocycles. The Hall–Kier alpha value is -1.80. The highest BCUT2D eigenvalue weighted by Crippen LogP contribution is 2.41. The van der Waals surface area contributed by atoms with Crippen molar-refractivity contribution < 1.29 is 27.8 Å². The van der Waals surface area contributed by atoms with E-state index in [4.69, 9.17) is 16.3 Å². The van der Waals surface area contributed by atoms with Gasteiger partial charge in [-0.3, -0.25) is 4.79 Å². The van der Waals surface area contributed by atoms with Crippen molar-refractivity contribution in [1.29, 1.82) is 0 Å². The first kappa shape index (κ1) is 16.6. The van der Waals surface area contributed by atoms with Crippen molar-refractivity contribution in [2.24, 2.45) is 5.10 Å². The minimum absolute atomic E-state index is 0.0193. The van der Waals surface area contributed by atoms with Crippen LogP contribution in [0.15, 0.2) is 23.3 Å². The lowest BCUT2D eigenvalue weighted by molar-refractivity contribution is -0.297. The highest BCUT2D eigenvalue weighted by molar-refractivity contribution is 6.31. The summed E-state index contributed by atoms with van der Waals surface area (Å²) >= 11 is 5.77. The van der Waals surface area contributed by atoms with Gasteiger partial charge in [-0.25, -0.2) is 0 Å². The molecular weight excluding hydrogens is 325 g/mol. The van der Waals surface area contributed by atoms with E-state index in [0.717, 1.165) is 6.07 Å². The molecule has 2 rings (SSSR count). The number of nitrogens with zero attached hydrogens (tertiary/aromatic N) is 2. The molecule has 0 spiro atoms. The third kappa shape index (κ3) is 2.64. The summed E-state index contributed by atoms with van der Waals surface area (Å²) in [5.41, 5.74) is -3.63. The van der Waals surface area contributed by atoms with Gasteiger partial charge in [0.25, 0.3) is 11.6 Å². The summed E-state index contributed by atoms with van der Waals surface area (Å²) in [6.45, 7) is 1.29. The lowest BCUT2D eigenvalue weighted by Gasteiger charge is -2.32. The average molecular weight is 337 g/mol. The number of amides is 1. The number of alkyl halides is 3. The van der Waals surface area contributed by atoms with Crippen molar-refractivity contribution in [3.05, 3.63) is 28.8 Å². The maximum Gasteiger partial charge on any atom is 0.438 e. The second-order valence-corrected chi connectivity index (χ2v) is 5.22.